The Morgan fingerprint density at radius 3 is 2.75 bits per heavy atom. The van der Waals surface area contributed by atoms with Crippen LogP contribution in [0, 0.1) is 0 Å². The Labute approximate surface area is 142 Å². The standard InChI is InChI=1S/C18H24N4O2/c1-3-22-16-12-14(24-2)4-5-15(16)17(19-22)18(23)21-11-10-20-8-6-13(21)7-9-20/h4-5,12-13H,3,6-11H2,1-2H3. The van der Waals surface area contributed by atoms with Crippen LogP contribution in [-0.2, 0) is 6.54 Å². The number of carbonyl (C=O) groups excluding carboxylic acids is 1. The van der Waals surface area contributed by atoms with Crippen LogP contribution in [0.1, 0.15) is 30.3 Å². The average Bonchev–Trinajstić information content (AvgIpc) is 2.75. The number of aryl methyl sites for hydroxylation is 1. The molecular weight excluding hydrogens is 304 g/mol. The highest BCUT2D eigenvalue weighted by Crippen LogP contribution is 2.27. The molecule has 5 rings (SSSR count). The minimum atomic E-state index is 0.0751. The maximum Gasteiger partial charge on any atom is 0.275 e. The normalized spacial score (nSPS) is 23.5. The number of fused-ring (bicyclic) bond motifs is 5. The highest BCUT2D eigenvalue weighted by molar-refractivity contribution is 6.05. The van der Waals surface area contributed by atoms with E-state index < -0.39 is 0 Å². The lowest BCUT2D eigenvalue weighted by Gasteiger charge is -2.31. The zero-order valence-corrected chi connectivity index (χ0v) is 14.4. The van der Waals surface area contributed by atoms with E-state index in [1.165, 1.54) is 0 Å². The summed E-state index contributed by atoms with van der Waals surface area (Å²) in [6.07, 6.45) is 2.15. The van der Waals surface area contributed by atoms with Crippen LogP contribution in [0.15, 0.2) is 18.2 Å². The van der Waals surface area contributed by atoms with E-state index in [-0.39, 0.29) is 5.91 Å². The largest absolute Gasteiger partial charge is 0.497 e. The van der Waals surface area contributed by atoms with E-state index in [4.69, 9.17) is 4.74 Å². The minimum Gasteiger partial charge on any atom is -0.497 e. The quantitative estimate of drug-likeness (QED) is 0.864. The number of methoxy groups -OCH3 is 1. The Morgan fingerprint density at radius 2 is 2.04 bits per heavy atom. The van der Waals surface area contributed by atoms with Gasteiger partial charge in [0, 0.05) is 50.2 Å². The van der Waals surface area contributed by atoms with E-state index >= 15 is 0 Å². The number of benzene rings is 1. The molecule has 3 aliphatic heterocycles. The molecule has 1 amide bonds. The lowest BCUT2D eigenvalue weighted by molar-refractivity contribution is 0.0680. The van der Waals surface area contributed by atoms with Crippen LogP contribution in [0.25, 0.3) is 10.9 Å². The lowest BCUT2D eigenvalue weighted by Crippen LogP contribution is -2.41. The van der Waals surface area contributed by atoms with E-state index in [9.17, 15) is 4.79 Å². The molecule has 0 aliphatic carbocycles. The maximum atomic E-state index is 13.2. The Morgan fingerprint density at radius 1 is 1.25 bits per heavy atom. The first-order valence-corrected chi connectivity index (χ1v) is 8.79. The van der Waals surface area contributed by atoms with Crippen molar-refractivity contribution in [2.45, 2.75) is 32.4 Å². The van der Waals surface area contributed by atoms with Crippen LogP contribution in [0.5, 0.6) is 5.75 Å². The molecule has 0 saturated carbocycles. The van der Waals surface area contributed by atoms with Gasteiger partial charge in [-0.05, 0) is 31.9 Å². The molecule has 0 atom stereocenters. The number of rotatable bonds is 3. The molecule has 2 aromatic rings. The van der Waals surface area contributed by atoms with Crippen LogP contribution in [-0.4, -0.2) is 64.8 Å². The number of carbonyl (C=O) groups is 1. The third-order valence-corrected chi connectivity index (χ3v) is 5.38. The molecular formula is C18H24N4O2. The van der Waals surface area contributed by atoms with Gasteiger partial charge in [-0.15, -0.1) is 0 Å². The minimum absolute atomic E-state index is 0.0751. The first kappa shape index (κ1) is 15.4. The van der Waals surface area contributed by atoms with E-state index in [2.05, 4.69) is 14.9 Å². The molecule has 1 aromatic heterocycles. The number of amides is 1. The number of hydrogen-bond acceptors (Lipinski definition) is 4. The van der Waals surface area contributed by atoms with Crippen molar-refractivity contribution in [3.63, 3.8) is 0 Å². The van der Waals surface area contributed by atoms with Crippen molar-refractivity contribution in [1.29, 1.82) is 0 Å². The summed E-state index contributed by atoms with van der Waals surface area (Å²) in [5, 5.41) is 5.55. The molecule has 6 heteroatoms. The average molecular weight is 328 g/mol. The summed E-state index contributed by atoms with van der Waals surface area (Å²) >= 11 is 0. The molecule has 128 valence electrons. The van der Waals surface area contributed by atoms with E-state index in [1.54, 1.807) is 7.11 Å². The van der Waals surface area contributed by atoms with E-state index in [0.717, 1.165) is 62.2 Å². The molecule has 6 nitrogen and oxygen atoms in total. The Bertz CT molecular complexity index is 762. The van der Waals surface area contributed by atoms with E-state index in [1.807, 2.05) is 29.8 Å². The molecule has 4 heterocycles. The van der Waals surface area contributed by atoms with Gasteiger partial charge in [0.05, 0.1) is 12.6 Å². The summed E-state index contributed by atoms with van der Waals surface area (Å²) in [5.41, 5.74) is 1.54. The van der Waals surface area contributed by atoms with Gasteiger partial charge < -0.3 is 14.5 Å². The number of aromatic nitrogens is 2. The summed E-state index contributed by atoms with van der Waals surface area (Å²) in [4.78, 5) is 17.7. The zero-order valence-electron chi connectivity index (χ0n) is 14.4. The van der Waals surface area contributed by atoms with Crippen LogP contribution in [0.4, 0.5) is 0 Å². The van der Waals surface area contributed by atoms with Crippen molar-refractivity contribution in [3.8, 4) is 5.75 Å². The van der Waals surface area contributed by atoms with Crippen LogP contribution in [0.3, 0.4) is 0 Å². The van der Waals surface area contributed by atoms with Crippen molar-refractivity contribution >= 4 is 16.8 Å². The van der Waals surface area contributed by atoms with Gasteiger partial charge in [-0.2, -0.15) is 5.10 Å². The summed E-state index contributed by atoms with van der Waals surface area (Å²) in [7, 11) is 1.66. The molecule has 3 aliphatic rings. The summed E-state index contributed by atoms with van der Waals surface area (Å²) in [5.74, 6) is 0.864. The lowest BCUT2D eigenvalue weighted by atomic mass is 10.0. The Balaban J connectivity index is 1.74. The van der Waals surface area contributed by atoms with Gasteiger partial charge in [0.1, 0.15) is 5.75 Å². The van der Waals surface area contributed by atoms with Gasteiger partial charge in [0.15, 0.2) is 5.69 Å². The number of hydrogen-bond donors (Lipinski definition) is 0. The second-order valence-corrected chi connectivity index (χ2v) is 6.62. The SMILES string of the molecule is CCn1nc(C(=O)N2CCN3CCC2CC3)c2ccc(OC)cc21. The van der Waals surface area contributed by atoms with Crippen molar-refractivity contribution in [2.24, 2.45) is 0 Å². The first-order valence-electron chi connectivity index (χ1n) is 8.79. The number of piperidine rings is 1. The molecule has 0 unspecified atom stereocenters. The second-order valence-electron chi connectivity index (χ2n) is 6.62. The fraction of sp³-hybridized carbons (Fsp3) is 0.556. The number of nitrogens with zero attached hydrogens (tertiary/aromatic N) is 4. The predicted molar refractivity (Wildman–Crippen MR) is 92.5 cm³/mol. The van der Waals surface area contributed by atoms with E-state index in [0.29, 0.717) is 11.7 Å². The molecule has 1 aromatic carbocycles. The molecule has 24 heavy (non-hydrogen) atoms. The van der Waals surface area contributed by atoms with Crippen LogP contribution in [0.2, 0.25) is 0 Å². The molecule has 0 spiro atoms. The van der Waals surface area contributed by atoms with Crippen molar-refractivity contribution in [2.75, 3.05) is 33.3 Å². The molecule has 3 fully saturated rings. The van der Waals surface area contributed by atoms with Crippen LogP contribution < -0.4 is 4.74 Å². The van der Waals surface area contributed by atoms with Gasteiger partial charge in [-0.1, -0.05) is 0 Å². The Kier molecular flexibility index (Phi) is 3.92. The van der Waals surface area contributed by atoms with Gasteiger partial charge in [-0.3, -0.25) is 9.48 Å². The van der Waals surface area contributed by atoms with Gasteiger partial charge >= 0.3 is 0 Å². The van der Waals surface area contributed by atoms with Gasteiger partial charge in [0.2, 0.25) is 0 Å². The van der Waals surface area contributed by atoms with Crippen molar-refractivity contribution in [3.05, 3.63) is 23.9 Å². The van der Waals surface area contributed by atoms with Crippen molar-refractivity contribution < 1.29 is 9.53 Å². The monoisotopic (exact) mass is 328 g/mol. The summed E-state index contributed by atoms with van der Waals surface area (Å²) in [6.45, 7) is 6.77. The molecule has 2 bridgehead atoms. The fourth-order valence-electron chi connectivity index (χ4n) is 3.97. The third-order valence-electron chi connectivity index (χ3n) is 5.38. The molecule has 0 radical (unpaired) electrons. The summed E-state index contributed by atoms with van der Waals surface area (Å²) < 4.78 is 7.22. The highest BCUT2D eigenvalue weighted by Gasteiger charge is 2.34. The molecule has 0 N–H and O–H groups in total. The predicted octanol–water partition coefficient (Wildman–Crippen LogP) is 1.98. The topological polar surface area (TPSA) is 50.6 Å². The third kappa shape index (κ3) is 2.45. The zero-order chi connectivity index (χ0) is 16.7. The first-order chi connectivity index (χ1) is 11.7. The maximum absolute atomic E-state index is 13.2. The second kappa shape index (κ2) is 6.09. The summed E-state index contributed by atoms with van der Waals surface area (Å²) in [6, 6.07) is 6.18. The van der Waals surface area contributed by atoms with Gasteiger partial charge in [-0.25, -0.2) is 0 Å². The highest BCUT2D eigenvalue weighted by atomic mass is 16.5. The van der Waals surface area contributed by atoms with Gasteiger partial charge in [0.25, 0.3) is 5.91 Å². The fourth-order valence-corrected chi connectivity index (χ4v) is 3.97. The Hall–Kier alpha value is -2.08. The van der Waals surface area contributed by atoms with Crippen LogP contribution >= 0.6 is 0 Å². The smallest absolute Gasteiger partial charge is 0.275 e. The molecule has 3 saturated heterocycles. The number of ether oxygens (including phenoxy) is 1. The van der Waals surface area contributed by atoms with Crippen molar-refractivity contribution in [1.82, 2.24) is 19.6 Å².